The molecule has 0 bridgehead atoms. The van der Waals surface area contributed by atoms with Gasteiger partial charge in [0.25, 0.3) is 0 Å². The lowest BCUT2D eigenvalue weighted by molar-refractivity contribution is 0.0285. The number of likely N-dealkylation sites (tertiary alicyclic amines) is 1. The zero-order valence-electron chi connectivity index (χ0n) is 19.3. The van der Waals surface area contributed by atoms with Gasteiger partial charge in [0.1, 0.15) is 18.1 Å². The number of rotatable bonds is 6. The van der Waals surface area contributed by atoms with Crippen molar-refractivity contribution in [2.24, 2.45) is 5.73 Å². The summed E-state index contributed by atoms with van der Waals surface area (Å²) in [5.41, 5.74) is 8.73. The first kappa shape index (κ1) is 24.1. The minimum Gasteiger partial charge on any atom is -0.491 e. The number of benzene rings is 1. The van der Waals surface area contributed by atoms with Crippen molar-refractivity contribution in [3.63, 3.8) is 0 Å². The minimum absolute atomic E-state index is 0. The third kappa shape index (κ3) is 4.89. The number of hydrogen-bond donors (Lipinski definition) is 2. The van der Waals surface area contributed by atoms with Crippen molar-refractivity contribution < 1.29 is 9.84 Å². The molecule has 0 aliphatic carbocycles. The Bertz CT molecular complexity index is 1300. The van der Waals surface area contributed by atoms with Gasteiger partial charge in [-0.25, -0.2) is 4.98 Å². The van der Waals surface area contributed by atoms with E-state index < -0.39 is 5.60 Å². The van der Waals surface area contributed by atoms with Crippen LogP contribution in [-0.4, -0.2) is 60.9 Å². The molecule has 0 spiro atoms. The fourth-order valence-electron chi connectivity index (χ4n) is 4.28. The highest BCUT2D eigenvalue weighted by molar-refractivity contribution is 5.82. The number of aromatic nitrogens is 4. The van der Waals surface area contributed by atoms with Crippen molar-refractivity contribution in [1.82, 2.24) is 24.5 Å². The third-order valence-electron chi connectivity index (χ3n) is 6.20. The van der Waals surface area contributed by atoms with Gasteiger partial charge in [0.05, 0.1) is 11.1 Å². The Morgan fingerprint density at radius 2 is 1.97 bits per heavy atom. The molecule has 0 amide bonds. The van der Waals surface area contributed by atoms with Crippen LogP contribution in [0.2, 0.25) is 0 Å². The number of hydrogen-bond acceptors (Lipinski definition) is 7. The number of aliphatic hydroxyl groups is 1. The van der Waals surface area contributed by atoms with Crippen molar-refractivity contribution in [2.45, 2.75) is 52.3 Å². The van der Waals surface area contributed by atoms with Crippen LogP contribution >= 0.6 is 0 Å². The van der Waals surface area contributed by atoms with Gasteiger partial charge in [-0.1, -0.05) is 19.6 Å². The Labute approximate surface area is 200 Å². The van der Waals surface area contributed by atoms with Gasteiger partial charge in [0.15, 0.2) is 11.5 Å². The zero-order valence-corrected chi connectivity index (χ0v) is 19.3. The first-order valence-corrected chi connectivity index (χ1v) is 11.4. The minimum atomic E-state index is -0.903. The van der Waals surface area contributed by atoms with Crippen LogP contribution in [0.3, 0.4) is 0 Å². The van der Waals surface area contributed by atoms with Crippen LogP contribution in [0.4, 0.5) is 0 Å². The number of pyridine rings is 2. The monoisotopic (exact) mass is 462 g/mol. The number of ether oxygens (including phenoxy) is 1. The molecule has 4 heterocycles. The van der Waals surface area contributed by atoms with Crippen molar-refractivity contribution >= 4 is 16.6 Å². The quantitative estimate of drug-likeness (QED) is 0.449. The summed E-state index contributed by atoms with van der Waals surface area (Å²) in [6.07, 6.45) is 3.14. The molecule has 2 atom stereocenters. The SMILES string of the molecule is C.C[C@@H](c1ccc2nnc(-c3ccc4ccc(OCC(C)(C)O)cc4n3)n2c1)N1CC[C@H](N)C1. The summed E-state index contributed by atoms with van der Waals surface area (Å²) < 4.78 is 7.75. The third-order valence-corrected chi connectivity index (χ3v) is 6.20. The van der Waals surface area contributed by atoms with Gasteiger partial charge in [-0.15, -0.1) is 10.2 Å². The highest BCUT2D eigenvalue weighted by Gasteiger charge is 2.25. The molecule has 34 heavy (non-hydrogen) atoms. The van der Waals surface area contributed by atoms with Gasteiger partial charge in [-0.2, -0.15) is 0 Å². The van der Waals surface area contributed by atoms with Crippen molar-refractivity contribution in [3.8, 4) is 17.3 Å². The molecular weight excluding hydrogens is 428 g/mol. The first-order chi connectivity index (χ1) is 15.8. The average Bonchev–Trinajstić information content (AvgIpc) is 3.42. The fraction of sp³-hybridized carbons (Fsp3) is 0.423. The van der Waals surface area contributed by atoms with Gasteiger partial charge in [-0.3, -0.25) is 9.30 Å². The van der Waals surface area contributed by atoms with Gasteiger partial charge >= 0.3 is 0 Å². The van der Waals surface area contributed by atoms with E-state index in [2.05, 4.69) is 34.3 Å². The second kappa shape index (κ2) is 9.29. The number of nitrogens with zero attached hydrogens (tertiary/aromatic N) is 5. The summed E-state index contributed by atoms with van der Waals surface area (Å²) in [7, 11) is 0. The molecule has 1 aliphatic heterocycles. The molecule has 4 aromatic rings. The molecule has 1 saturated heterocycles. The Morgan fingerprint density at radius 1 is 1.18 bits per heavy atom. The van der Waals surface area contributed by atoms with Crippen LogP contribution in [0.1, 0.15) is 46.2 Å². The molecule has 3 aromatic heterocycles. The maximum absolute atomic E-state index is 9.94. The van der Waals surface area contributed by atoms with Crippen LogP contribution < -0.4 is 10.5 Å². The molecule has 8 heteroatoms. The highest BCUT2D eigenvalue weighted by Crippen LogP contribution is 2.27. The van der Waals surface area contributed by atoms with E-state index in [1.165, 1.54) is 5.56 Å². The molecule has 3 N–H and O–H groups in total. The number of fused-ring (bicyclic) bond motifs is 2. The molecule has 5 rings (SSSR count). The summed E-state index contributed by atoms with van der Waals surface area (Å²) >= 11 is 0. The van der Waals surface area contributed by atoms with Crippen molar-refractivity contribution in [2.75, 3.05) is 19.7 Å². The smallest absolute Gasteiger partial charge is 0.187 e. The summed E-state index contributed by atoms with van der Waals surface area (Å²) in [6.45, 7) is 7.78. The van der Waals surface area contributed by atoms with Gasteiger partial charge in [-0.05, 0) is 57.0 Å². The molecule has 0 radical (unpaired) electrons. The van der Waals surface area contributed by atoms with Crippen molar-refractivity contribution in [1.29, 1.82) is 0 Å². The Hall–Kier alpha value is -3.07. The van der Waals surface area contributed by atoms with E-state index in [0.29, 0.717) is 11.6 Å². The standard InChI is InChI=1S/C25H30N6O2.CH4/c1-16(30-11-10-19(26)14-30)18-6-9-23-28-29-24(31(23)13-18)21-8-5-17-4-7-20(12-22(17)27-21)33-15-25(2,3)32;/h4-9,12-13,16,19,32H,10-11,14-15,26H2,1-3H3;1H4/t16-,19-;/m0./s1. The molecule has 1 aromatic carbocycles. The molecular formula is C26H34N6O2. The maximum atomic E-state index is 9.94. The van der Waals surface area contributed by atoms with Crippen LogP contribution in [0.5, 0.6) is 5.75 Å². The lowest BCUT2D eigenvalue weighted by Crippen LogP contribution is -2.28. The molecule has 8 nitrogen and oxygen atoms in total. The predicted molar refractivity (Wildman–Crippen MR) is 135 cm³/mol. The van der Waals surface area contributed by atoms with E-state index in [1.54, 1.807) is 13.8 Å². The van der Waals surface area contributed by atoms with Gasteiger partial charge in [0, 0.05) is 42.8 Å². The lowest BCUT2D eigenvalue weighted by atomic mass is 10.1. The molecule has 180 valence electrons. The lowest BCUT2D eigenvalue weighted by Gasteiger charge is -2.24. The molecule has 1 fully saturated rings. The normalized spacial score (nSPS) is 17.7. The van der Waals surface area contributed by atoms with Crippen molar-refractivity contribution in [3.05, 3.63) is 54.2 Å². The topological polar surface area (TPSA) is 102 Å². The van der Waals surface area contributed by atoms with Gasteiger partial charge in [0.2, 0.25) is 0 Å². The Balaban J connectivity index is 0.00000274. The number of nitrogens with two attached hydrogens (primary N) is 1. The predicted octanol–water partition coefficient (Wildman–Crippen LogP) is 3.82. The molecule has 0 saturated carbocycles. The Kier molecular flexibility index (Phi) is 6.58. The van der Waals surface area contributed by atoms with Gasteiger partial charge < -0.3 is 15.6 Å². The van der Waals surface area contributed by atoms with Crippen LogP contribution in [0, 0.1) is 0 Å². The average molecular weight is 463 g/mol. The highest BCUT2D eigenvalue weighted by atomic mass is 16.5. The fourth-order valence-corrected chi connectivity index (χ4v) is 4.28. The van der Waals surface area contributed by atoms with E-state index in [0.717, 1.165) is 41.8 Å². The maximum Gasteiger partial charge on any atom is 0.187 e. The largest absolute Gasteiger partial charge is 0.491 e. The van der Waals surface area contributed by atoms with E-state index in [-0.39, 0.29) is 26.1 Å². The zero-order chi connectivity index (χ0) is 23.2. The van der Waals surface area contributed by atoms with Crippen LogP contribution in [-0.2, 0) is 0 Å². The molecule has 1 aliphatic rings. The van der Waals surface area contributed by atoms with Crippen LogP contribution in [0.15, 0.2) is 48.7 Å². The Morgan fingerprint density at radius 3 is 2.71 bits per heavy atom. The van der Waals surface area contributed by atoms with E-state index >= 15 is 0 Å². The van der Waals surface area contributed by atoms with E-state index in [4.69, 9.17) is 15.5 Å². The second-order valence-electron chi connectivity index (χ2n) is 9.59. The van der Waals surface area contributed by atoms with Crippen LogP contribution in [0.25, 0.3) is 28.1 Å². The first-order valence-electron chi connectivity index (χ1n) is 11.4. The summed E-state index contributed by atoms with van der Waals surface area (Å²) in [5.74, 6) is 1.36. The van der Waals surface area contributed by atoms with E-state index in [9.17, 15) is 5.11 Å². The summed E-state index contributed by atoms with van der Waals surface area (Å²) in [4.78, 5) is 7.26. The second-order valence-corrected chi connectivity index (χ2v) is 9.59. The summed E-state index contributed by atoms with van der Waals surface area (Å²) in [6, 6.07) is 14.4. The molecule has 0 unspecified atom stereocenters. The van der Waals surface area contributed by atoms with E-state index in [1.807, 2.05) is 40.8 Å². The summed E-state index contributed by atoms with van der Waals surface area (Å²) in [5, 5.41) is 19.7.